The van der Waals surface area contributed by atoms with Gasteiger partial charge in [-0.25, -0.2) is 14.2 Å². The Labute approximate surface area is 154 Å². The van der Waals surface area contributed by atoms with Gasteiger partial charge in [0, 0.05) is 16.6 Å². The van der Waals surface area contributed by atoms with Gasteiger partial charge in [-0.1, -0.05) is 18.2 Å². The molecule has 0 saturated heterocycles. The van der Waals surface area contributed by atoms with Gasteiger partial charge in [-0.2, -0.15) is 0 Å². The maximum atomic E-state index is 13.0. The Kier molecular flexibility index (Phi) is 4.38. The van der Waals surface area contributed by atoms with E-state index >= 15 is 0 Å². The van der Waals surface area contributed by atoms with Crippen molar-refractivity contribution in [2.24, 2.45) is 0 Å². The molecule has 0 fully saturated rings. The van der Waals surface area contributed by atoms with Crippen molar-refractivity contribution in [2.75, 3.05) is 0 Å². The van der Waals surface area contributed by atoms with Crippen LogP contribution in [-0.4, -0.2) is 15.9 Å². The lowest BCUT2D eigenvalue weighted by Crippen LogP contribution is -2.07. The van der Waals surface area contributed by atoms with Crippen molar-refractivity contribution in [3.63, 3.8) is 0 Å². The lowest BCUT2D eigenvalue weighted by molar-refractivity contribution is 0.0441. The van der Waals surface area contributed by atoms with Gasteiger partial charge in [-0.05, 0) is 43.3 Å². The van der Waals surface area contributed by atoms with Gasteiger partial charge in [0.2, 0.25) is 5.89 Å². The first kappa shape index (κ1) is 16.9. The largest absolute Gasteiger partial charge is 0.452 e. The number of fused-ring (bicyclic) bond motifs is 1. The van der Waals surface area contributed by atoms with E-state index in [-0.39, 0.29) is 18.3 Å². The minimum Gasteiger partial charge on any atom is -0.452 e. The molecule has 0 atom stereocenters. The van der Waals surface area contributed by atoms with Gasteiger partial charge in [-0.3, -0.25) is 4.98 Å². The van der Waals surface area contributed by atoms with Crippen LogP contribution in [-0.2, 0) is 11.3 Å². The lowest BCUT2D eigenvalue weighted by atomic mass is 10.1. The highest BCUT2D eigenvalue weighted by atomic mass is 19.1. The molecule has 2 aromatic heterocycles. The number of rotatable bonds is 4. The fraction of sp³-hybridized carbons (Fsp3) is 0.0952. The molecule has 0 spiro atoms. The van der Waals surface area contributed by atoms with E-state index in [9.17, 15) is 9.18 Å². The summed E-state index contributed by atoms with van der Waals surface area (Å²) in [7, 11) is 0. The van der Waals surface area contributed by atoms with Gasteiger partial charge in [0.15, 0.2) is 12.4 Å². The molecule has 4 aromatic rings. The number of benzene rings is 2. The molecule has 0 amide bonds. The predicted molar refractivity (Wildman–Crippen MR) is 97.5 cm³/mol. The molecule has 0 radical (unpaired) electrons. The molecule has 0 aliphatic carbocycles. The van der Waals surface area contributed by atoms with Crippen LogP contribution in [0.5, 0.6) is 0 Å². The topological polar surface area (TPSA) is 65.2 Å². The Bertz CT molecular complexity index is 1120. The molecule has 27 heavy (non-hydrogen) atoms. The van der Waals surface area contributed by atoms with E-state index in [0.717, 1.165) is 16.6 Å². The number of para-hydroxylation sites is 1. The summed E-state index contributed by atoms with van der Waals surface area (Å²) in [5, 5.41) is 0.729. The van der Waals surface area contributed by atoms with Crippen molar-refractivity contribution in [2.45, 2.75) is 13.5 Å². The number of pyridine rings is 1. The van der Waals surface area contributed by atoms with Crippen LogP contribution in [0.3, 0.4) is 0 Å². The summed E-state index contributed by atoms with van der Waals surface area (Å²) in [5.41, 5.74) is 2.61. The normalized spacial score (nSPS) is 10.9. The van der Waals surface area contributed by atoms with Crippen molar-refractivity contribution in [1.29, 1.82) is 0 Å². The van der Waals surface area contributed by atoms with Crippen molar-refractivity contribution in [1.82, 2.24) is 9.97 Å². The number of carbonyl (C=O) groups is 1. The molecule has 0 saturated carbocycles. The summed E-state index contributed by atoms with van der Waals surface area (Å²) >= 11 is 0. The van der Waals surface area contributed by atoms with Crippen LogP contribution >= 0.6 is 0 Å². The first-order chi connectivity index (χ1) is 13.1. The summed E-state index contributed by atoms with van der Waals surface area (Å²) in [5.74, 6) is -0.0606. The van der Waals surface area contributed by atoms with Crippen LogP contribution in [0, 0.1) is 12.7 Å². The SMILES string of the molecule is Cc1cc(C(=O)OCc2ncc(-c3ccc(F)cc3)o2)c2ccccc2n1. The lowest BCUT2D eigenvalue weighted by Gasteiger charge is -2.07. The van der Waals surface area contributed by atoms with E-state index in [1.165, 1.54) is 18.3 Å². The van der Waals surface area contributed by atoms with Gasteiger partial charge in [0.1, 0.15) is 5.82 Å². The first-order valence-electron chi connectivity index (χ1n) is 8.34. The van der Waals surface area contributed by atoms with E-state index in [0.29, 0.717) is 16.9 Å². The van der Waals surface area contributed by atoms with Gasteiger partial charge < -0.3 is 9.15 Å². The van der Waals surface area contributed by atoms with Crippen molar-refractivity contribution < 1.29 is 18.3 Å². The van der Waals surface area contributed by atoms with Crippen LogP contribution in [0.15, 0.2) is 65.2 Å². The van der Waals surface area contributed by atoms with E-state index in [1.807, 2.05) is 31.2 Å². The number of ether oxygens (including phenoxy) is 1. The second-order valence-corrected chi connectivity index (χ2v) is 6.03. The summed E-state index contributed by atoms with van der Waals surface area (Å²) < 4.78 is 24.0. The van der Waals surface area contributed by atoms with Crippen molar-refractivity contribution in [3.05, 3.63) is 83.8 Å². The highest BCUT2D eigenvalue weighted by Gasteiger charge is 2.15. The smallest absolute Gasteiger partial charge is 0.339 e. The minimum absolute atomic E-state index is 0.101. The molecule has 4 rings (SSSR count). The molecule has 2 heterocycles. The third kappa shape index (κ3) is 3.55. The van der Waals surface area contributed by atoms with Gasteiger partial charge in [0.05, 0.1) is 17.3 Å². The summed E-state index contributed by atoms with van der Waals surface area (Å²) in [4.78, 5) is 21.1. The monoisotopic (exact) mass is 362 g/mol. The molecule has 0 aliphatic heterocycles. The number of aromatic nitrogens is 2. The maximum Gasteiger partial charge on any atom is 0.339 e. The van der Waals surface area contributed by atoms with Gasteiger partial charge >= 0.3 is 5.97 Å². The van der Waals surface area contributed by atoms with E-state index in [1.54, 1.807) is 18.2 Å². The molecule has 0 N–H and O–H groups in total. The number of hydrogen-bond donors (Lipinski definition) is 0. The van der Waals surface area contributed by atoms with Crippen LogP contribution in [0.25, 0.3) is 22.2 Å². The van der Waals surface area contributed by atoms with Crippen molar-refractivity contribution in [3.8, 4) is 11.3 Å². The predicted octanol–water partition coefficient (Wildman–Crippen LogP) is 4.69. The van der Waals surface area contributed by atoms with E-state index in [2.05, 4.69) is 9.97 Å². The number of carbonyl (C=O) groups excluding carboxylic acids is 1. The van der Waals surface area contributed by atoms with Crippen LogP contribution < -0.4 is 0 Å². The third-order valence-electron chi connectivity index (χ3n) is 4.07. The summed E-state index contributed by atoms with van der Waals surface area (Å²) in [6, 6.07) is 15.0. The first-order valence-corrected chi connectivity index (χ1v) is 8.34. The van der Waals surface area contributed by atoms with Gasteiger partial charge in [0.25, 0.3) is 0 Å². The number of esters is 1. The fourth-order valence-corrected chi connectivity index (χ4v) is 2.81. The maximum absolute atomic E-state index is 13.0. The zero-order valence-electron chi connectivity index (χ0n) is 14.5. The third-order valence-corrected chi connectivity index (χ3v) is 4.07. The molecular weight excluding hydrogens is 347 g/mol. The average molecular weight is 362 g/mol. The Morgan fingerprint density at radius 1 is 1.15 bits per heavy atom. The van der Waals surface area contributed by atoms with Crippen LogP contribution in [0.2, 0.25) is 0 Å². The molecule has 0 unspecified atom stereocenters. The van der Waals surface area contributed by atoms with Crippen molar-refractivity contribution >= 4 is 16.9 Å². The zero-order chi connectivity index (χ0) is 18.8. The number of halogens is 1. The average Bonchev–Trinajstić information content (AvgIpc) is 3.15. The Morgan fingerprint density at radius 3 is 2.74 bits per heavy atom. The number of oxazole rings is 1. The second kappa shape index (κ2) is 6.99. The van der Waals surface area contributed by atoms with Crippen LogP contribution in [0.4, 0.5) is 4.39 Å². The molecule has 6 heteroatoms. The standard InChI is InChI=1S/C21H15FN2O3/c1-13-10-17(16-4-2-3-5-18(16)24-13)21(25)26-12-20-23-11-19(27-20)14-6-8-15(22)9-7-14/h2-11H,12H2,1H3. The van der Waals surface area contributed by atoms with E-state index in [4.69, 9.17) is 9.15 Å². The highest BCUT2D eigenvalue weighted by molar-refractivity contribution is 6.03. The minimum atomic E-state index is -0.474. The molecule has 0 aliphatic rings. The number of aryl methyl sites for hydroxylation is 1. The van der Waals surface area contributed by atoms with Gasteiger partial charge in [-0.15, -0.1) is 0 Å². The molecule has 134 valence electrons. The Balaban J connectivity index is 1.51. The highest BCUT2D eigenvalue weighted by Crippen LogP contribution is 2.22. The quantitative estimate of drug-likeness (QED) is 0.493. The second-order valence-electron chi connectivity index (χ2n) is 6.03. The summed E-state index contributed by atoms with van der Waals surface area (Å²) in [6.45, 7) is 1.72. The molecule has 5 nitrogen and oxygen atoms in total. The number of hydrogen-bond acceptors (Lipinski definition) is 5. The number of nitrogens with zero attached hydrogens (tertiary/aromatic N) is 2. The Hall–Kier alpha value is -3.54. The Morgan fingerprint density at radius 2 is 1.93 bits per heavy atom. The fourth-order valence-electron chi connectivity index (χ4n) is 2.81. The summed E-state index contributed by atoms with van der Waals surface area (Å²) in [6.07, 6.45) is 1.52. The molecule has 0 bridgehead atoms. The zero-order valence-corrected chi connectivity index (χ0v) is 14.5. The van der Waals surface area contributed by atoms with E-state index < -0.39 is 5.97 Å². The molecular formula is C21H15FN2O3. The van der Waals surface area contributed by atoms with Crippen LogP contribution in [0.1, 0.15) is 21.9 Å². The molecule has 2 aromatic carbocycles.